The molecule has 1 saturated heterocycles. The van der Waals surface area contributed by atoms with E-state index < -0.39 is 12.5 Å². The molecule has 3 atom stereocenters. The number of hydrogen-bond donors (Lipinski definition) is 4. The van der Waals surface area contributed by atoms with Crippen molar-refractivity contribution in [3.8, 4) is 22.6 Å². The van der Waals surface area contributed by atoms with Gasteiger partial charge in [0.1, 0.15) is 23.1 Å². The Morgan fingerprint density at radius 3 is 2.36 bits per heavy atom. The van der Waals surface area contributed by atoms with Crippen LogP contribution in [-0.4, -0.2) is 107 Å². The standard InChI is InChI=1S/C34H46N2O8/c1-22(40)15-31(42)29(21-39)25(7-13-37)16-23-17-28-27(4-5-30(41)34(28)32(43)18-23)24-3-6-33(44-2)26(19-24)20-36-10-8-35(9-11-36)12-14-38/h3-6,19,23,25,29,37-39,41H,7-18,20-21H2,1-2H3. The van der Waals surface area contributed by atoms with Crippen molar-refractivity contribution in [3.63, 3.8) is 0 Å². The topological polar surface area (TPSA) is 148 Å². The van der Waals surface area contributed by atoms with Gasteiger partial charge in [0.25, 0.3) is 0 Å². The number of phenols is 1. The lowest BCUT2D eigenvalue weighted by atomic mass is 9.72. The van der Waals surface area contributed by atoms with E-state index in [0.717, 1.165) is 54.2 Å². The molecule has 2 aromatic rings. The van der Waals surface area contributed by atoms with E-state index in [9.17, 15) is 34.8 Å². The Morgan fingerprint density at radius 2 is 1.73 bits per heavy atom. The van der Waals surface area contributed by atoms with E-state index in [1.165, 1.54) is 6.92 Å². The third-order valence-electron chi connectivity index (χ3n) is 9.14. The number of benzene rings is 2. The second-order valence-electron chi connectivity index (χ2n) is 12.2. The van der Waals surface area contributed by atoms with Crippen LogP contribution >= 0.6 is 0 Å². The minimum Gasteiger partial charge on any atom is -0.507 e. The smallest absolute Gasteiger partial charge is 0.167 e. The Balaban J connectivity index is 1.61. The van der Waals surface area contributed by atoms with Crippen LogP contribution in [-0.2, 0) is 22.6 Å². The van der Waals surface area contributed by atoms with Crippen LogP contribution in [0.25, 0.3) is 11.1 Å². The van der Waals surface area contributed by atoms with Crippen molar-refractivity contribution in [2.24, 2.45) is 17.8 Å². The highest BCUT2D eigenvalue weighted by Crippen LogP contribution is 2.42. The molecule has 44 heavy (non-hydrogen) atoms. The molecule has 4 rings (SSSR count). The van der Waals surface area contributed by atoms with Crippen molar-refractivity contribution in [2.45, 2.75) is 45.6 Å². The summed E-state index contributed by atoms with van der Waals surface area (Å²) in [6.07, 6.45) is 1.10. The third-order valence-corrected chi connectivity index (χ3v) is 9.14. The number of aliphatic hydroxyl groups excluding tert-OH is 3. The Kier molecular flexibility index (Phi) is 12.1. The van der Waals surface area contributed by atoms with Gasteiger partial charge in [0, 0.05) is 63.8 Å². The van der Waals surface area contributed by atoms with Crippen LogP contribution < -0.4 is 4.74 Å². The number of aromatic hydroxyl groups is 1. The number of carbonyl (C=O) groups is 3. The summed E-state index contributed by atoms with van der Waals surface area (Å²) in [4.78, 5) is 42.4. The summed E-state index contributed by atoms with van der Waals surface area (Å²) in [5, 5.41) is 39.8. The molecule has 0 spiro atoms. The highest BCUT2D eigenvalue weighted by Gasteiger charge is 2.35. The van der Waals surface area contributed by atoms with Crippen molar-refractivity contribution < 1.29 is 39.5 Å². The number of β-amino-alcohol motifs (C(OH)–C–C–N with tert-alkyl or cyclic N) is 1. The fraction of sp³-hybridized carbons (Fsp3) is 0.559. The van der Waals surface area contributed by atoms with Gasteiger partial charge in [0.05, 0.1) is 32.3 Å². The first-order chi connectivity index (χ1) is 21.2. The molecule has 2 aromatic carbocycles. The number of ketones is 3. The number of methoxy groups -OCH3 is 1. The number of phenolic OH excluding ortho intramolecular Hbond substituents is 1. The van der Waals surface area contributed by atoms with Gasteiger partial charge in [-0.1, -0.05) is 12.1 Å². The lowest BCUT2D eigenvalue weighted by Crippen LogP contribution is -2.46. The van der Waals surface area contributed by atoms with Gasteiger partial charge in [0.15, 0.2) is 5.78 Å². The van der Waals surface area contributed by atoms with Crippen LogP contribution in [0.4, 0.5) is 0 Å². The average molecular weight is 611 g/mol. The minimum atomic E-state index is -0.791. The number of aliphatic hydroxyl groups is 3. The highest BCUT2D eigenvalue weighted by molar-refractivity contribution is 6.03. The van der Waals surface area contributed by atoms with Crippen LogP contribution in [0.3, 0.4) is 0 Å². The number of piperazine rings is 1. The molecular formula is C34H46N2O8. The minimum absolute atomic E-state index is 0.0570. The van der Waals surface area contributed by atoms with Crippen LogP contribution in [0.15, 0.2) is 30.3 Å². The predicted octanol–water partition coefficient (Wildman–Crippen LogP) is 2.47. The van der Waals surface area contributed by atoms with Gasteiger partial charge < -0.3 is 25.2 Å². The van der Waals surface area contributed by atoms with Gasteiger partial charge in [-0.15, -0.1) is 0 Å². The molecule has 1 aliphatic heterocycles. The van der Waals surface area contributed by atoms with E-state index in [-0.39, 0.29) is 67.4 Å². The van der Waals surface area contributed by atoms with E-state index in [2.05, 4.69) is 15.9 Å². The first-order valence-electron chi connectivity index (χ1n) is 15.5. The van der Waals surface area contributed by atoms with Crippen LogP contribution in [0.2, 0.25) is 0 Å². The zero-order chi connectivity index (χ0) is 31.8. The monoisotopic (exact) mass is 610 g/mol. The first-order valence-corrected chi connectivity index (χ1v) is 15.5. The van der Waals surface area contributed by atoms with E-state index in [4.69, 9.17) is 4.74 Å². The zero-order valence-electron chi connectivity index (χ0n) is 25.8. The lowest BCUT2D eigenvalue weighted by Gasteiger charge is -2.34. The largest absolute Gasteiger partial charge is 0.507 e. The van der Waals surface area contributed by atoms with Crippen LogP contribution in [0.5, 0.6) is 11.5 Å². The first kappa shape index (κ1) is 33.7. The summed E-state index contributed by atoms with van der Waals surface area (Å²) < 4.78 is 5.69. The summed E-state index contributed by atoms with van der Waals surface area (Å²) >= 11 is 0. The molecule has 0 bridgehead atoms. The number of hydrogen-bond acceptors (Lipinski definition) is 10. The number of rotatable bonds is 15. The number of carbonyl (C=O) groups excluding carboxylic acids is 3. The van der Waals surface area contributed by atoms with E-state index >= 15 is 0 Å². The van der Waals surface area contributed by atoms with Crippen LogP contribution in [0.1, 0.15) is 54.1 Å². The maximum atomic E-state index is 13.4. The molecule has 10 heteroatoms. The Labute approximate surface area is 259 Å². The maximum absolute atomic E-state index is 13.4. The van der Waals surface area contributed by atoms with E-state index in [0.29, 0.717) is 31.5 Å². The summed E-state index contributed by atoms with van der Waals surface area (Å²) in [5.74, 6) is -1.43. The molecule has 0 aromatic heterocycles. The Hall–Kier alpha value is -3.15. The van der Waals surface area contributed by atoms with Crippen molar-refractivity contribution in [1.29, 1.82) is 0 Å². The second kappa shape index (κ2) is 15.7. The van der Waals surface area contributed by atoms with Gasteiger partial charge in [-0.25, -0.2) is 0 Å². The molecule has 10 nitrogen and oxygen atoms in total. The SMILES string of the molecule is COc1ccc(-c2ccc(O)c3c2CC(CC(CCO)C(CO)C(=O)CC(C)=O)CC3=O)cc1CN1CCN(CCO)CC1. The summed E-state index contributed by atoms with van der Waals surface area (Å²) in [7, 11) is 1.65. The van der Waals surface area contributed by atoms with Gasteiger partial charge in [-0.2, -0.15) is 0 Å². The van der Waals surface area contributed by atoms with Crippen molar-refractivity contribution in [3.05, 3.63) is 47.0 Å². The van der Waals surface area contributed by atoms with Gasteiger partial charge in [-0.3, -0.25) is 24.2 Å². The molecule has 1 aliphatic carbocycles. The normalized spacial score (nSPS) is 18.9. The Bertz CT molecular complexity index is 1320. The van der Waals surface area contributed by atoms with E-state index in [1.807, 2.05) is 18.2 Å². The Morgan fingerprint density at radius 1 is 1.00 bits per heavy atom. The van der Waals surface area contributed by atoms with E-state index in [1.54, 1.807) is 13.2 Å². The molecule has 1 fully saturated rings. The molecular weight excluding hydrogens is 564 g/mol. The zero-order valence-corrected chi connectivity index (χ0v) is 25.8. The van der Waals surface area contributed by atoms with Gasteiger partial charge in [-0.05, 0) is 72.9 Å². The van der Waals surface area contributed by atoms with Crippen molar-refractivity contribution in [2.75, 3.05) is 59.7 Å². The molecule has 4 N–H and O–H groups in total. The van der Waals surface area contributed by atoms with Crippen molar-refractivity contribution in [1.82, 2.24) is 9.80 Å². The predicted molar refractivity (Wildman–Crippen MR) is 166 cm³/mol. The second-order valence-corrected chi connectivity index (χ2v) is 12.2. The van der Waals surface area contributed by atoms with Crippen molar-refractivity contribution >= 4 is 17.3 Å². The molecule has 0 saturated carbocycles. The summed E-state index contributed by atoms with van der Waals surface area (Å²) in [5.41, 5.74) is 3.83. The number of Topliss-reactive ketones (excluding diaryl/α,β-unsaturated/α-hetero) is 3. The molecule has 0 radical (unpaired) electrons. The number of fused-ring (bicyclic) bond motifs is 1. The summed E-state index contributed by atoms with van der Waals surface area (Å²) in [6.45, 7) is 5.75. The van der Waals surface area contributed by atoms with Gasteiger partial charge >= 0.3 is 0 Å². The number of ether oxygens (including phenoxy) is 1. The third kappa shape index (κ3) is 8.11. The molecule has 0 amide bonds. The fourth-order valence-corrected chi connectivity index (χ4v) is 6.91. The van der Waals surface area contributed by atoms with Gasteiger partial charge in [0.2, 0.25) is 0 Å². The number of nitrogens with zero attached hydrogens (tertiary/aromatic N) is 2. The fourth-order valence-electron chi connectivity index (χ4n) is 6.91. The molecule has 1 heterocycles. The molecule has 2 aliphatic rings. The molecule has 240 valence electrons. The molecule has 3 unspecified atom stereocenters. The highest BCUT2D eigenvalue weighted by atomic mass is 16.5. The maximum Gasteiger partial charge on any atom is 0.167 e. The average Bonchev–Trinajstić information content (AvgIpc) is 2.98. The quantitative estimate of drug-likeness (QED) is 0.222. The summed E-state index contributed by atoms with van der Waals surface area (Å²) in [6, 6.07) is 9.36. The van der Waals surface area contributed by atoms with Crippen LogP contribution in [0, 0.1) is 17.8 Å². The lowest BCUT2D eigenvalue weighted by molar-refractivity contribution is -0.131.